The molecule has 0 saturated heterocycles. The average Bonchev–Trinajstić information content (AvgIpc) is 3.22. The Morgan fingerprint density at radius 3 is 2.00 bits per heavy atom. The van der Waals surface area contributed by atoms with E-state index in [0.717, 1.165) is 46.6 Å². The standard InChI is InChI=1S/C26H33N3O2.ClH/c1-8-20-16(3)22(27-18(20)5)25(29(6)7)24-21(9-2)17(4)23(28-24)26(30)31-15-19-13-11-10-12-14-19;/h10-14H,8-9,15H2,1-7H3,(H,27,28,30);1H. The Labute approximate surface area is 197 Å². The molecule has 32 heavy (non-hydrogen) atoms. The third kappa shape index (κ3) is 4.83. The first-order chi connectivity index (χ1) is 14.8. The predicted octanol–water partition coefficient (Wildman–Crippen LogP) is 1.86. The second-order valence-electron chi connectivity index (χ2n) is 8.22. The molecule has 1 aromatic carbocycles. The van der Waals surface area contributed by atoms with Crippen LogP contribution in [0.1, 0.15) is 69.2 Å². The number of hydrogen-bond acceptors (Lipinski definition) is 2. The lowest BCUT2D eigenvalue weighted by atomic mass is 10.00. The normalized spacial score (nSPS) is 10.6. The van der Waals surface area contributed by atoms with Gasteiger partial charge in [-0.05, 0) is 61.4 Å². The van der Waals surface area contributed by atoms with E-state index in [1.54, 1.807) is 0 Å². The first-order valence-electron chi connectivity index (χ1n) is 11.0. The van der Waals surface area contributed by atoms with Crippen LogP contribution in [-0.2, 0) is 24.2 Å². The van der Waals surface area contributed by atoms with E-state index in [-0.39, 0.29) is 25.0 Å². The summed E-state index contributed by atoms with van der Waals surface area (Å²) in [6.07, 6.45) is 1.80. The maximum absolute atomic E-state index is 12.9. The summed E-state index contributed by atoms with van der Waals surface area (Å²) in [7, 11) is 4.08. The van der Waals surface area contributed by atoms with Gasteiger partial charge < -0.3 is 27.1 Å². The molecule has 6 heteroatoms. The van der Waals surface area contributed by atoms with Crippen LogP contribution in [0.15, 0.2) is 30.3 Å². The number of H-pyrrole nitrogens is 2. The maximum atomic E-state index is 12.9. The lowest BCUT2D eigenvalue weighted by molar-refractivity contribution is -0.463. The number of aromatic nitrogens is 2. The maximum Gasteiger partial charge on any atom is 0.355 e. The largest absolute Gasteiger partial charge is 1.00 e. The molecule has 0 aliphatic rings. The summed E-state index contributed by atoms with van der Waals surface area (Å²) < 4.78 is 7.73. The summed E-state index contributed by atoms with van der Waals surface area (Å²) in [6.45, 7) is 10.8. The van der Waals surface area contributed by atoms with Crippen LogP contribution in [0.25, 0.3) is 0 Å². The third-order valence-corrected chi connectivity index (χ3v) is 6.02. The molecule has 2 N–H and O–H groups in total. The summed E-state index contributed by atoms with van der Waals surface area (Å²) in [5.74, 6) is -0.325. The third-order valence-electron chi connectivity index (χ3n) is 6.02. The Morgan fingerprint density at radius 2 is 1.47 bits per heavy atom. The van der Waals surface area contributed by atoms with Crippen LogP contribution >= 0.6 is 0 Å². The van der Waals surface area contributed by atoms with E-state index in [0.29, 0.717) is 5.69 Å². The van der Waals surface area contributed by atoms with Crippen molar-refractivity contribution in [3.05, 3.63) is 80.9 Å². The summed E-state index contributed by atoms with van der Waals surface area (Å²) in [5.41, 5.74) is 10.5. The molecule has 5 nitrogen and oxygen atoms in total. The first kappa shape index (κ1) is 25.5. The number of aryl methyl sites for hydroxylation is 1. The molecule has 0 spiro atoms. The van der Waals surface area contributed by atoms with E-state index in [1.807, 2.05) is 51.4 Å². The van der Waals surface area contributed by atoms with Crippen molar-refractivity contribution in [3.63, 3.8) is 0 Å². The molecule has 2 aromatic heterocycles. The number of esters is 1. The van der Waals surface area contributed by atoms with Crippen molar-refractivity contribution in [1.82, 2.24) is 9.97 Å². The quantitative estimate of drug-likeness (QED) is 0.324. The summed E-state index contributed by atoms with van der Waals surface area (Å²) in [4.78, 5) is 19.9. The molecule has 2 heterocycles. The Balaban J connectivity index is 0.00000363. The van der Waals surface area contributed by atoms with Gasteiger partial charge in [-0.15, -0.1) is 0 Å². The zero-order valence-corrected chi connectivity index (χ0v) is 20.9. The van der Waals surface area contributed by atoms with Crippen LogP contribution in [0, 0.1) is 20.8 Å². The van der Waals surface area contributed by atoms with E-state index >= 15 is 0 Å². The summed E-state index contributed by atoms with van der Waals surface area (Å²) in [5, 5.41) is 0. The minimum Gasteiger partial charge on any atom is -1.00 e. The van der Waals surface area contributed by atoms with Gasteiger partial charge in [-0.25, -0.2) is 9.37 Å². The first-order valence-corrected chi connectivity index (χ1v) is 11.0. The molecule has 0 radical (unpaired) electrons. The lowest BCUT2D eigenvalue weighted by Crippen LogP contribution is -3.00. The van der Waals surface area contributed by atoms with Gasteiger partial charge in [0.25, 0.3) is 0 Å². The summed E-state index contributed by atoms with van der Waals surface area (Å²) >= 11 is 0. The number of rotatable bonds is 7. The van der Waals surface area contributed by atoms with Crippen LogP contribution in [-0.4, -0.2) is 40.3 Å². The average molecular weight is 456 g/mol. The number of aromatic amines is 2. The second-order valence-corrected chi connectivity index (χ2v) is 8.22. The Hall–Kier alpha value is -2.79. The van der Waals surface area contributed by atoms with Crippen molar-refractivity contribution in [2.75, 3.05) is 14.1 Å². The Morgan fingerprint density at radius 1 is 0.875 bits per heavy atom. The fourth-order valence-corrected chi connectivity index (χ4v) is 4.40. The molecular formula is C26H34ClN3O2. The van der Waals surface area contributed by atoms with Crippen molar-refractivity contribution in [2.24, 2.45) is 0 Å². The van der Waals surface area contributed by atoms with Gasteiger partial charge in [0, 0.05) is 5.69 Å². The number of benzene rings is 1. The van der Waals surface area contributed by atoms with Gasteiger partial charge in [0.05, 0.1) is 0 Å². The van der Waals surface area contributed by atoms with Gasteiger partial charge in [0.15, 0.2) is 0 Å². The van der Waals surface area contributed by atoms with Crippen molar-refractivity contribution in [3.8, 4) is 0 Å². The van der Waals surface area contributed by atoms with Gasteiger partial charge in [0.1, 0.15) is 37.8 Å². The number of halogens is 1. The van der Waals surface area contributed by atoms with Crippen LogP contribution in [0.3, 0.4) is 0 Å². The highest BCUT2D eigenvalue weighted by Gasteiger charge is 2.29. The highest BCUT2D eigenvalue weighted by Crippen LogP contribution is 2.26. The number of ether oxygens (including phenoxy) is 1. The number of carbonyl (C=O) groups excluding carboxylic acids is 1. The highest BCUT2D eigenvalue weighted by atomic mass is 35.5. The summed E-state index contributed by atoms with van der Waals surface area (Å²) in [6, 6.07) is 9.75. The van der Waals surface area contributed by atoms with Crippen molar-refractivity contribution in [2.45, 2.75) is 54.1 Å². The Kier molecular flexibility index (Phi) is 8.51. The predicted molar refractivity (Wildman–Crippen MR) is 125 cm³/mol. The zero-order valence-electron chi connectivity index (χ0n) is 20.1. The molecule has 3 aromatic rings. The van der Waals surface area contributed by atoms with Crippen LogP contribution in [0.5, 0.6) is 0 Å². The van der Waals surface area contributed by atoms with Gasteiger partial charge in [-0.1, -0.05) is 44.2 Å². The van der Waals surface area contributed by atoms with Gasteiger partial charge in [-0.2, -0.15) is 0 Å². The van der Waals surface area contributed by atoms with Gasteiger partial charge in [-0.3, -0.25) is 0 Å². The van der Waals surface area contributed by atoms with E-state index < -0.39 is 0 Å². The number of nitrogens with one attached hydrogen (secondary N) is 2. The molecule has 3 rings (SSSR count). The van der Waals surface area contributed by atoms with Gasteiger partial charge in [0.2, 0.25) is 5.71 Å². The van der Waals surface area contributed by atoms with Crippen molar-refractivity contribution >= 4 is 11.7 Å². The second kappa shape index (κ2) is 10.7. The topological polar surface area (TPSA) is 60.9 Å². The molecule has 172 valence electrons. The number of carbonyl (C=O) groups is 1. The van der Waals surface area contributed by atoms with E-state index in [9.17, 15) is 4.79 Å². The van der Waals surface area contributed by atoms with E-state index in [1.165, 1.54) is 16.8 Å². The molecular weight excluding hydrogens is 422 g/mol. The highest BCUT2D eigenvalue weighted by molar-refractivity contribution is 6.10. The fraction of sp³-hybridized carbons (Fsp3) is 0.385. The molecule has 0 aliphatic carbocycles. The SMILES string of the molecule is CCc1c(C)[nH]c(C(c2[nH]c(C(=O)OCc3ccccc3)c(C)c2CC)=[N+](C)C)c1C.[Cl-]. The molecule has 0 fully saturated rings. The zero-order chi connectivity index (χ0) is 22.7. The number of hydrogen-bond donors (Lipinski definition) is 2. The van der Waals surface area contributed by atoms with Crippen molar-refractivity contribution < 1.29 is 26.5 Å². The monoisotopic (exact) mass is 455 g/mol. The molecule has 0 bridgehead atoms. The van der Waals surface area contributed by atoms with E-state index in [2.05, 4.69) is 42.2 Å². The van der Waals surface area contributed by atoms with E-state index in [4.69, 9.17) is 4.74 Å². The Bertz CT molecular complexity index is 1120. The van der Waals surface area contributed by atoms with Crippen molar-refractivity contribution in [1.29, 1.82) is 0 Å². The molecule has 0 unspecified atom stereocenters. The molecule has 0 saturated carbocycles. The lowest BCUT2D eigenvalue weighted by Gasteiger charge is -2.06. The fourth-order valence-electron chi connectivity index (χ4n) is 4.40. The molecule has 0 atom stereocenters. The number of nitrogens with zero attached hydrogens (tertiary/aromatic N) is 1. The smallest absolute Gasteiger partial charge is 0.355 e. The van der Waals surface area contributed by atoms with Crippen LogP contribution < -0.4 is 12.4 Å². The van der Waals surface area contributed by atoms with Crippen LogP contribution in [0.2, 0.25) is 0 Å². The minimum atomic E-state index is -0.325. The van der Waals surface area contributed by atoms with Gasteiger partial charge >= 0.3 is 5.97 Å². The molecule has 0 amide bonds. The minimum absolute atomic E-state index is 0. The molecule has 0 aliphatic heterocycles. The van der Waals surface area contributed by atoms with Crippen LogP contribution in [0.4, 0.5) is 0 Å².